The molecule has 132 valence electrons. The molecule has 0 bridgehead atoms. The highest BCUT2D eigenvalue weighted by Gasteiger charge is 2.38. The minimum atomic E-state index is -0.895. The number of Topliss-reactive ketones (excluding diaryl/α,β-unsaturated/α-hetero) is 1. The van der Waals surface area contributed by atoms with E-state index in [1.165, 1.54) is 11.3 Å². The Morgan fingerprint density at radius 3 is 2.60 bits per heavy atom. The van der Waals surface area contributed by atoms with E-state index >= 15 is 0 Å². The second-order valence-corrected chi connectivity index (χ2v) is 7.54. The molecule has 2 aromatic rings. The van der Waals surface area contributed by atoms with Crippen molar-refractivity contribution in [3.8, 4) is 0 Å². The van der Waals surface area contributed by atoms with Gasteiger partial charge in [-0.2, -0.15) is 11.3 Å². The number of anilines is 1. The van der Waals surface area contributed by atoms with E-state index in [0.29, 0.717) is 23.4 Å². The topological polar surface area (TPSA) is 88.2 Å². The van der Waals surface area contributed by atoms with Crippen molar-refractivity contribution in [3.05, 3.63) is 45.4 Å². The molecule has 0 fully saturated rings. The molecule has 2 amide bonds. The SMILES string of the molecule is CC(C)(C)NC=O.O=C1Nc2ccc(Cl)nc2C1C(=O)c1ccsc1. The van der Waals surface area contributed by atoms with Gasteiger partial charge in [0.15, 0.2) is 5.78 Å². The van der Waals surface area contributed by atoms with Crippen LogP contribution in [0.3, 0.4) is 0 Å². The third kappa shape index (κ3) is 4.87. The molecule has 2 aromatic heterocycles. The Bertz CT molecular complexity index is 785. The summed E-state index contributed by atoms with van der Waals surface area (Å²) in [5, 5.41) is 9.03. The lowest BCUT2D eigenvalue weighted by Crippen LogP contribution is -2.34. The number of hydrogen-bond acceptors (Lipinski definition) is 5. The predicted molar refractivity (Wildman–Crippen MR) is 98.2 cm³/mol. The molecule has 0 aromatic carbocycles. The molecule has 0 saturated heterocycles. The molecule has 1 atom stereocenters. The summed E-state index contributed by atoms with van der Waals surface area (Å²) in [7, 11) is 0. The van der Waals surface area contributed by atoms with Crippen LogP contribution in [0.15, 0.2) is 29.0 Å². The number of ketones is 1. The maximum absolute atomic E-state index is 12.3. The van der Waals surface area contributed by atoms with Gasteiger partial charge in [-0.25, -0.2) is 4.98 Å². The van der Waals surface area contributed by atoms with Gasteiger partial charge in [0.05, 0.1) is 11.4 Å². The molecule has 1 unspecified atom stereocenters. The van der Waals surface area contributed by atoms with Crippen molar-refractivity contribution in [2.75, 3.05) is 5.32 Å². The Balaban J connectivity index is 0.000000277. The van der Waals surface area contributed by atoms with Crippen molar-refractivity contribution in [1.29, 1.82) is 0 Å². The van der Waals surface area contributed by atoms with E-state index in [1.54, 1.807) is 29.0 Å². The van der Waals surface area contributed by atoms with E-state index in [4.69, 9.17) is 11.6 Å². The zero-order chi connectivity index (χ0) is 18.6. The largest absolute Gasteiger partial charge is 0.354 e. The van der Waals surface area contributed by atoms with Crippen molar-refractivity contribution in [2.24, 2.45) is 0 Å². The van der Waals surface area contributed by atoms with E-state index in [9.17, 15) is 14.4 Å². The number of nitrogens with one attached hydrogen (secondary N) is 2. The summed E-state index contributed by atoms with van der Waals surface area (Å²) in [6.45, 7) is 5.80. The van der Waals surface area contributed by atoms with Crippen LogP contribution in [0.1, 0.15) is 42.7 Å². The number of nitrogens with zero attached hydrogens (tertiary/aromatic N) is 1. The highest BCUT2D eigenvalue weighted by molar-refractivity contribution is 7.08. The summed E-state index contributed by atoms with van der Waals surface area (Å²) in [6, 6.07) is 4.93. The highest BCUT2D eigenvalue weighted by Crippen LogP contribution is 2.34. The number of hydrogen-bond donors (Lipinski definition) is 2. The molecule has 0 saturated carbocycles. The third-order valence-electron chi connectivity index (χ3n) is 3.24. The molecule has 2 N–H and O–H groups in total. The molecule has 0 spiro atoms. The van der Waals surface area contributed by atoms with Crippen LogP contribution in [0.25, 0.3) is 0 Å². The van der Waals surface area contributed by atoms with Crippen LogP contribution < -0.4 is 10.6 Å². The van der Waals surface area contributed by atoms with Gasteiger partial charge in [0.1, 0.15) is 11.1 Å². The second kappa shape index (κ2) is 7.76. The fourth-order valence-corrected chi connectivity index (χ4v) is 2.90. The quantitative estimate of drug-likeness (QED) is 0.371. The van der Waals surface area contributed by atoms with Crippen LogP contribution in [0.4, 0.5) is 5.69 Å². The average molecular weight is 380 g/mol. The number of amides is 2. The summed E-state index contributed by atoms with van der Waals surface area (Å²) in [5.41, 5.74) is 1.42. The van der Waals surface area contributed by atoms with Crippen LogP contribution in [-0.4, -0.2) is 28.6 Å². The normalized spacial score (nSPS) is 15.5. The Kier molecular flexibility index (Phi) is 5.92. The highest BCUT2D eigenvalue weighted by atomic mass is 35.5. The first-order valence-electron chi connectivity index (χ1n) is 7.48. The predicted octanol–water partition coefficient (Wildman–Crippen LogP) is 3.25. The molecule has 0 radical (unpaired) electrons. The summed E-state index contributed by atoms with van der Waals surface area (Å²) in [4.78, 5) is 37.9. The molecule has 0 aliphatic carbocycles. The van der Waals surface area contributed by atoms with Crippen molar-refractivity contribution in [1.82, 2.24) is 10.3 Å². The fourth-order valence-electron chi connectivity index (χ4n) is 2.10. The van der Waals surface area contributed by atoms with Gasteiger partial charge in [0, 0.05) is 16.5 Å². The van der Waals surface area contributed by atoms with Crippen LogP contribution >= 0.6 is 22.9 Å². The number of halogens is 1. The van der Waals surface area contributed by atoms with Crippen LogP contribution in [-0.2, 0) is 9.59 Å². The third-order valence-corrected chi connectivity index (χ3v) is 4.14. The smallest absolute Gasteiger partial charge is 0.241 e. The van der Waals surface area contributed by atoms with Gasteiger partial charge in [-0.1, -0.05) is 11.6 Å². The molecule has 3 rings (SSSR count). The van der Waals surface area contributed by atoms with Gasteiger partial charge >= 0.3 is 0 Å². The van der Waals surface area contributed by atoms with Crippen LogP contribution in [0, 0.1) is 0 Å². The van der Waals surface area contributed by atoms with E-state index < -0.39 is 5.92 Å². The molecule has 6 nitrogen and oxygen atoms in total. The number of carbonyl (C=O) groups is 3. The molecule has 1 aliphatic heterocycles. The molecule has 25 heavy (non-hydrogen) atoms. The van der Waals surface area contributed by atoms with Gasteiger partial charge in [0.2, 0.25) is 12.3 Å². The lowest BCUT2D eigenvalue weighted by atomic mass is 9.97. The average Bonchev–Trinajstić information content (AvgIpc) is 3.13. The monoisotopic (exact) mass is 379 g/mol. The summed E-state index contributed by atoms with van der Waals surface area (Å²) in [5.74, 6) is -1.49. The van der Waals surface area contributed by atoms with Gasteiger partial charge in [0.25, 0.3) is 0 Å². The van der Waals surface area contributed by atoms with Crippen molar-refractivity contribution >= 4 is 46.7 Å². The Morgan fingerprint density at radius 2 is 2.08 bits per heavy atom. The van der Waals surface area contributed by atoms with E-state index in [0.717, 1.165) is 0 Å². The van der Waals surface area contributed by atoms with E-state index in [1.807, 2.05) is 20.8 Å². The van der Waals surface area contributed by atoms with Crippen molar-refractivity contribution in [3.63, 3.8) is 0 Å². The van der Waals surface area contributed by atoms with Crippen molar-refractivity contribution < 1.29 is 14.4 Å². The molecular weight excluding hydrogens is 362 g/mol. The first-order valence-corrected chi connectivity index (χ1v) is 8.80. The minimum absolute atomic E-state index is 0.0677. The molecule has 3 heterocycles. The zero-order valence-electron chi connectivity index (χ0n) is 14.0. The molecule has 1 aliphatic rings. The maximum Gasteiger partial charge on any atom is 0.241 e. The Hall–Kier alpha value is -2.25. The fraction of sp³-hybridized carbons (Fsp3) is 0.294. The van der Waals surface area contributed by atoms with E-state index in [-0.39, 0.29) is 22.4 Å². The Morgan fingerprint density at radius 1 is 1.36 bits per heavy atom. The van der Waals surface area contributed by atoms with Gasteiger partial charge in [-0.05, 0) is 44.4 Å². The number of thiophene rings is 1. The van der Waals surface area contributed by atoms with Crippen LogP contribution in [0.2, 0.25) is 5.15 Å². The number of carbonyl (C=O) groups excluding carboxylic acids is 3. The lowest BCUT2D eigenvalue weighted by Gasteiger charge is -2.15. The maximum atomic E-state index is 12.3. The number of aromatic nitrogens is 1. The standard InChI is InChI=1S/C12H7ClN2O2S.C5H11NO/c13-8-2-1-7-10(15-8)9(12(17)14-7)11(16)6-3-4-18-5-6;1-5(2,3)6-4-7/h1-5,9H,(H,14,17);4H,1-3H3,(H,6,7). The van der Waals surface area contributed by atoms with Gasteiger partial charge in [-0.3, -0.25) is 14.4 Å². The summed E-state index contributed by atoms with van der Waals surface area (Å²) < 4.78 is 0. The van der Waals surface area contributed by atoms with Gasteiger partial charge < -0.3 is 10.6 Å². The van der Waals surface area contributed by atoms with Crippen LogP contribution in [0.5, 0.6) is 0 Å². The minimum Gasteiger partial charge on any atom is -0.354 e. The molecular formula is C17H18ClN3O3S. The second-order valence-electron chi connectivity index (χ2n) is 6.38. The number of fused-ring (bicyclic) bond motifs is 1. The first-order chi connectivity index (χ1) is 11.7. The summed E-state index contributed by atoms with van der Waals surface area (Å²) >= 11 is 7.22. The number of rotatable bonds is 3. The van der Waals surface area contributed by atoms with Gasteiger partial charge in [-0.15, -0.1) is 0 Å². The first kappa shape index (κ1) is 19.1. The zero-order valence-corrected chi connectivity index (χ0v) is 15.6. The number of pyridine rings is 1. The Labute approximate surface area is 154 Å². The van der Waals surface area contributed by atoms with E-state index in [2.05, 4.69) is 15.6 Å². The van der Waals surface area contributed by atoms with Crippen molar-refractivity contribution in [2.45, 2.75) is 32.2 Å². The summed E-state index contributed by atoms with van der Waals surface area (Å²) in [6.07, 6.45) is 0.708. The molecule has 8 heteroatoms. The lowest BCUT2D eigenvalue weighted by molar-refractivity contribution is -0.116.